The fourth-order valence-electron chi connectivity index (χ4n) is 20.0. The maximum atomic E-state index is 17.6. The summed E-state index contributed by atoms with van der Waals surface area (Å²) < 4.78 is 60.5. The van der Waals surface area contributed by atoms with E-state index in [1.54, 1.807) is 81.4 Å². The highest BCUT2D eigenvalue weighted by molar-refractivity contribution is 6.02. The summed E-state index contributed by atoms with van der Waals surface area (Å²) in [7, 11) is 9.40. The number of fused-ring (bicyclic) bond motifs is 5. The Morgan fingerprint density at radius 2 is 1.00 bits per heavy atom. The molecule has 0 spiro atoms. The number of aliphatic hydroxyl groups is 2. The Bertz CT molecular complexity index is 4460. The number of likely N-dealkylation sites (N-methyl/N-ethyl adjacent to an activating group) is 7. The number of alkyl halides is 1. The van der Waals surface area contributed by atoms with Crippen molar-refractivity contribution in [2.24, 2.45) is 70.0 Å². The van der Waals surface area contributed by atoms with Gasteiger partial charge in [-0.25, -0.2) is 9.18 Å². The van der Waals surface area contributed by atoms with Crippen molar-refractivity contribution in [2.75, 3.05) is 109 Å². The highest BCUT2D eigenvalue weighted by atomic mass is 19.1. The molecule has 0 aromatic heterocycles. The number of ether oxygens (including phenoxy) is 8. The molecule has 5 aliphatic rings. The average molecular weight is 1980 g/mol. The Morgan fingerprint density at radius 3 is 1.51 bits per heavy atom. The minimum absolute atomic E-state index is 0.00761. The largest absolute Gasteiger partial charge is 0.511 e. The summed E-state index contributed by atoms with van der Waals surface area (Å²) in [6.45, 7) is 30.6. The standard InChI is InChI=1S/C100H160FN11O28/c1-28-30-31-62(15)85(140-96(131)139-55-138-81(120)37-35-79(118)136-45-43-134-41-40-133-42-44-135-78(117)34-36-80(119)137-54-76(115)100(132)63(16)50-69-68-33-32-66-51-67(113)38-39-97(66,19)99(68,101)75(114)52-98(69,100)20)84-89(124)104-70(29-2)91(126)106(21)53-77(116)107(22)71(46-56(3)4)88(123)105-82(60(11)12)94(129)108(23)72(47-57(5)6)87(122)102-64(17)86(121)103-65(18)90(125)109(24)73(48-58(7)8)92(127)110(25)74(49-59(9)10)93(128)111(26)83(61(13)14)95(130)112(84)27/h28,30,38-39,51,56-65,68-75,82-85,114,132H,29,31-37,40-50,52-55H2,1-27H3,(H,102,122)(H,103,121)(H,104,124)(H,105,123)/b30-28+/t62-,63+,64?,65?,68?,69?,70?,71+,72?,73?,74?,75+,82?,83?,84?,85?,97+,98+,99+,100+/m1/s1. The Balaban J connectivity index is 1.28. The monoisotopic (exact) mass is 1980 g/mol. The van der Waals surface area contributed by atoms with Gasteiger partial charge in [0, 0.05) is 66.1 Å². The highest BCUT2D eigenvalue weighted by Gasteiger charge is 2.76. The van der Waals surface area contributed by atoms with Crippen LogP contribution < -0.4 is 21.3 Å². The summed E-state index contributed by atoms with van der Waals surface area (Å²) in [6.07, 6.45) is 1.66. The van der Waals surface area contributed by atoms with Crippen molar-refractivity contribution in [3.8, 4) is 0 Å². The smallest absolute Gasteiger partial charge is 0.463 e. The number of ketones is 2. The number of carbonyl (C=O) groups excluding carboxylic acids is 18. The van der Waals surface area contributed by atoms with Crippen LogP contribution in [0.15, 0.2) is 36.0 Å². The normalized spacial score (nSPS) is 29.0. The number of Topliss-reactive ketones (excluding diaryl/α,β-unsaturated/α-hetero) is 1. The Morgan fingerprint density at radius 1 is 0.529 bits per heavy atom. The van der Waals surface area contributed by atoms with E-state index in [9.17, 15) is 77.3 Å². The van der Waals surface area contributed by atoms with Crippen molar-refractivity contribution in [1.29, 1.82) is 0 Å². The van der Waals surface area contributed by atoms with E-state index in [0.717, 1.165) is 19.6 Å². The van der Waals surface area contributed by atoms with Gasteiger partial charge in [-0.15, -0.1) is 0 Å². The first-order chi connectivity index (χ1) is 65.3. The first-order valence-corrected chi connectivity index (χ1v) is 49.1. The average Bonchev–Trinajstić information content (AvgIpc) is 1.50. The van der Waals surface area contributed by atoms with Gasteiger partial charge in [0.25, 0.3) is 0 Å². The molecule has 1 heterocycles. The first-order valence-electron chi connectivity index (χ1n) is 49.1. The third-order valence-corrected chi connectivity index (χ3v) is 28.1. The van der Waals surface area contributed by atoms with Crippen molar-refractivity contribution < 1.29 is 139 Å². The summed E-state index contributed by atoms with van der Waals surface area (Å²) in [5.74, 6) is -18.5. The van der Waals surface area contributed by atoms with Crippen LogP contribution in [0.2, 0.25) is 0 Å². The zero-order valence-corrected chi connectivity index (χ0v) is 87.4. The fraction of sp³-hybridized carbons (Fsp3) is 0.760. The number of carbonyl (C=O) groups is 18. The predicted molar refractivity (Wildman–Crippen MR) is 511 cm³/mol. The van der Waals surface area contributed by atoms with Crippen LogP contribution in [0, 0.1) is 70.0 Å². The molecule has 3 saturated carbocycles. The maximum absolute atomic E-state index is 17.6. The number of nitrogens with zero attached hydrogens (tertiary/aromatic N) is 7. The summed E-state index contributed by atoms with van der Waals surface area (Å²) >= 11 is 0. The second-order valence-electron chi connectivity index (χ2n) is 41.1. The third-order valence-electron chi connectivity index (χ3n) is 28.1. The molecule has 11 amide bonds. The third kappa shape index (κ3) is 30.4. The van der Waals surface area contributed by atoms with Gasteiger partial charge >= 0.3 is 30.0 Å². The van der Waals surface area contributed by atoms with Crippen LogP contribution in [-0.4, -0.2) is 344 Å². The number of hydrogen-bond acceptors (Lipinski definition) is 28. The quantitative estimate of drug-likeness (QED) is 0.0136. The van der Waals surface area contributed by atoms with Gasteiger partial charge in [0.05, 0.1) is 64.8 Å². The molecule has 0 aromatic rings. The maximum Gasteiger partial charge on any atom is 0.511 e. The van der Waals surface area contributed by atoms with Gasteiger partial charge in [-0.05, 0) is 157 Å². The van der Waals surface area contributed by atoms with Crippen molar-refractivity contribution in [3.05, 3.63) is 36.0 Å². The number of amides is 11. The van der Waals surface area contributed by atoms with E-state index < -0.39 is 277 Å². The van der Waals surface area contributed by atoms with Gasteiger partial charge in [0.1, 0.15) is 85.3 Å². The van der Waals surface area contributed by atoms with Crippen molar-refractivity contribution in [2.45, 2.75) is 312 Å². The van der Waals surface area contributed by atoms with Gasteiger partial charge in [-0.1, -0.05) is 135 Å². The Hall–Kier alpha value is -10.3. The summed E-state index contributed by atoms with van der Waals surface area (Å²) in [6, 6.07) is -13.8. The second-order valence-corrected chi connectivity index (χ2v) is 41.1. The van der Waals surface area contributed by atoms with Gasteiger partial charge in [0.2, 0.25) is 77.6 Å². The zero-order chi connectivity index (χ0) is 106. The summed E-state index contributed by atoms with van der Waals surface area (Å²) in [5.41, 5.74) is -6.23. The molecule has 1 aliphatic heterocycles. The minimum Gasteiger partial charge on any atom is -0.463 e. The number of halogens is 1. The molecule has 39 nitrogen and oxygen atoms in total. The van der Waals surface area contributed by atoms with Gasteiger partial charge in [-0.2, -0.15) is 0 Å². The number of esters is 4. The molecule has 5 rings (SSSR count). The molecule has 4 aliphatic carbocycles. The lowest BCUT2D eigenvalue weighted by atomic mass is 9.44. The molecule has 6 N–H and O–H groups in total. The van der Waals surface area contributed by atoms with Crippen LogP contribution in [0.3, 0.4) is 0 Å². The van der Waals surface area contributed by atoms with Crippen LogP contribution in [-0.2, 0) is 119 Å². The molecule has 0 radical (unpaired) electrons. The molecule has 40 heteroatoms. The summed E-state index contributed by atoms with van der Waals surface area (Å²) in [4.78, 5) is 264. The molecule has 12 unspecified atom stereocenters. The molecular formula is C100H160FN11O28. The SMILES string of the molecule is C/C=C/C[C@@H](C)C(OC(=O)OCOC(=O)CCC(=O)OCCOCCOCCOC(=O)CCC(=O)OCC(=O)[C@@]1(O)[C@@H](C)CC2C3CCC4=CC(=O)C=C[C@]4(C)[C@@]3(F)[C@@H](O)C[C@@]21C)C1C(=O)NC(CC)C(=O)N(C)CC(=O)N(C)[C@@H](CC(C)C)C(=O)NC(C(C)C)C(=O)N(C)C(CC(C)C)C(=O)NC(C)C(=O)NC(C)C(=O)N(C)C(CC(C)C)C(=O)N(C)C(CC(C)C)C(=O)N(C)C(C(C)C)C(=O)N1C. The molecule has 4 fully saturated rings. The number of rotatable bonds is 36. The van der Waals surface area contributed by atoms with Crippen LogP contribution in [0.25, 0.3) is 0 Å². The lowest BCUT2D eigenvalue weighted by Crippen LogP contribution is -2.69. The van der Waals surface area contributed by atoms with Crippen LogP contribution in [0.5, 0.6) is 0 Å². The van der Waals surface area contributed by atoms with Crippen molar-refractivity contribution in [1.82, 2.24) is 55.6 Å². The molecule has 20 atom stereocenters. The molecular weight excluding hydrogens is 1820 g/mol. The van der Waals surface area contributed by atoms with Crippen molar-refractivity contribution in [3.63, 3.8) is 0 Å². The first kappa shape index (κ1) is 120. The zero-order valence-electron chi connectivity index (χ0n) is 87.4. The molecule has 0 aromatic carbocycles. The molecule has 140 heavy (non-hydrogen) atoms. The van der Waals surface area contributed by atoms with E-state index in [1.807, 2.05) is 55.4 Å². The van der Waals surface area contributed by atoms with E-state index in [1.165, 1.54) is 96.1 Å². The van der Waals surface area contributed by atoms with Gasteiger partial charge in [0.15, 0.2) is 18.1 Å². The van der Waals surface area contributed by atoms with E-state index >= 15 is 23.6 Å². The highest BCUT2D eigenvalue weighted by Crippen LogP contribution is 2.71. The minimum atomic E-state index is -2.18. The van der Waals surface area contributed by atoms with Crippen LogP contribution in [0.1, 0.15) is 228 Å². The molecule has 1 saturated heterocycles. The lowest BCUT2D eigenvalue weighted by molar-refractivity contribution is -0.220. The topological polar surface area (TPSA) is 492 Å². The predicted octanol–water partition coefficient (Wildman–Crippen LogP) is 6.07. The van der Waals surface area contributed by atoms with Gasteiger partial charge in [-0.3, -0.25) is 81.5 Å². The van der Waals surface area contributed by atoms with E-state index in [0.29, 0.717) is 18.4 Å². The number of nitrogens with one attached hydrogen (secondary N) is 4. The second kappa shape index (κ2) is 53.7. The Kier molecular flexibility index (Phi) is 46.0. The van der Waals surface area contributed by atoms with Crippen molar-refractivity contribution >= 4 is 107 Å². The van der Waals surface area contributed by atoms with Crippen LogP contribution in [0.4, 0.5) is 9.18 Å². The lowest BCUT2D eigenvalue weighted by Gasteiger charge is -2.62. The number of aliphatic hydroxyl groups excluding tert-OH is 1. The number of hydrogen-bond donors (Lipinski definition) is 6. The summed E-state index contributed by atoms with van der Waals surface area (Å²) in [5, 5.41) is 34.8. The fourth-order valence-corrected chi connectivity index (χ4v) is 20.0. The molecule has 790 valence electrons. The van der Waals surface area contributed by atoms with E-state index in [-0.39, 0.29) is 120 Å². The van der Waals surface area contributed by atoms with E-state index in [2.05, 4.69) is 21.3 Å². The Labute approximate surface area is 824 Å². The number of allylic oxidation sites excluding steroid dienone is 6. The van der Waals surface area contributed by atoms with Crippen LogP contribution >= 0.6 is 0 Å². The van der Waals surface area contributed by atoms with E-state index in [4.69, 9.17) is 37.9 Å². The molecule has 0 bridgehead atoms. The van der Waals surface area contributed by atoms with Gasteiger partial charge < -0.3 is 104 Å².